The second-order valence-corrected chi connectivity index (χ2v) is 5.90. The van der Waals surface area contributed by atoms with Crippen LogP contribution in [-0.2, 0) is 0 Å². The van der Waals surface area contributed by atoms with Crippen LogP contribution in [0.15, 0.2) is 6.20 Å². The van der Waals surface area contributed by atoms with Gasteiger partial charge in [0.25, 0.3) is 0 Å². The molecule has 1 aromatic heterocycles. The average Bonchev–Trinajstić information content (AvgIpc) is 2.87. The van der Waals surface area contributed by atoms with Crippen LogP contribution in [0.5, 0.6) is 0 Å². The van der Waals surface area contributed by atoms with Gasteiger partial charge < -0.3 is 10.4 Å². The number of anilines is 1. The number of carboxylic acids is 1. The highest BCUT2D eigenvalue weighted by Gasteiger charge is 2.27. The van der Waals surface area contributed by atoms with Gasteiger partial charge in [0, 0.05) is 11.3 Å². The molecule has 0 bridgehead atoms. The van der Waals surface area contributed by atoms with Crippen LogP contribution in [0.25, 0.3) is 0 Å². The Morgan fingerprint density at radius 2 is 2.50 bits per heavy atom. The van der Waals surface area contributed by atoms with Crippen molar-refractivity contribution in [2.75, 3.05) is 11.6 Å². The van der Waals surface area contributed by atoms with Gasteiger partial charge in [-0.3, -0.25) is 0 Å². The molecule has 1 saturated carbocycles. The predicted molar refractivity (Wildman–Crippen MR) is 67.6 cm³/mol. The summed E-state index contributed by atoms with van der Waals surface area (Å²) in [5, 5.41) is 13.5. The van der Waals surface area contributed by atoms with E-state index in [1.54, 1.807) is 0 Å². The fourth-order valence-corrected chi connectivity index (χ4v) is 3.62. The van der Waals surface area contributed by atoms with Crippen LogP contribution in [0.4, 0.5) is 5.13 Å². The SMILES string of the molecule is CSC1CCCC1Nc1ncc(C(=O)O)s1. The lowest BCUT2D eigenvalue weighted by Gasteiger charge is -2.18. The van der Waals surface area contributed by atoms with Gasteiger partial charge in [-0.05, 0) is 19.1 Å². The molecule has 0 saturated heterocycles. The summed E-state index contributed by atoms with van der Waals surface area (Å²) in [5.74, 6) is -0.904. The first-order valence-corrected chi connectivity index (χ1v) is 7.29. The van der Waals surface area contributed by atoms with Crippen molar-refractivity contribution in [1.82, 2.24) is 4.98 Å². The van der Waals surface area contributed by atoms with Gasteiger partial charge in [0.2, 0.25) is 0 Å². The molecule has 1 aliphatic rings. The third-order valence-corrected chi connectivity index (χ3v) is 4.87. The van der Waals surface area contributed by atoms with Crippen molar-refractivity contribution in [3.63, 3.8) is 0 Å². The van der Waals surface area contributed by atoms with Gasteiger partial charge in [-0.1, -0.05) is 17.8 Å². The molecule has 0 amide bonds. The molecule has 0 aliphatic heterocycles. The fourth-order valence-electron chi connectivity index (χ4n) is 1.97. The maximum absolute atomic E-state index is 10.7. The van der Waals surface area contributed by atoms with E-state index in [-0.39, 0.29) is 0 Å². The van der Waals surface area contributed by atoms with Crippen molar-refractivity contribution in [2.24, 2.45) is 0 Å². The summed E-state index contributed by atoms with van der Waals surface area (Å²) in [5.41, 5.74) is 0. The van der Waals surface area contributed by atoms with Crippen LogP contribution < -0.4 is 5.32 Å². The van der Waals surface area contributed by atoms with Crippen LogP contribution in [0.3, 0.4) is 0 Å². The zero-order valence-electron chi connectivity index (χ0n) is 8.97. The molecule has 1 fully saturated rings. The van der Waals surface area contributed by atoms with Crippen molar-refractivity contribution >= 4 is 34.2 Å². The zero-order chi connectivity index (χ0) is 11.5. The van der Waals surface area contributed by atoms with E-state index in [1.165, 1.54) is 30.4 Å². The van der Waals surface area contributed by atoms with Gasteiger partial charge in [0.15, 0.2) is 5.13 Å². The summed E-state index contributed by atoms with van der Waals surface area (Å²) in [6.45, 7) is 0. The highest BCUT2D eigenvalue weighted by atomic mass is 32.2. The number of hydrogen-bond donors (Lipinski definition) is 2. The third-order valence-electron chi connectivity index (χ3n) is 2.78. The molecule has 2 N–H and O–H groups in total. The van der Waals surface area contributed by atoms with Crippen molar-refractivity contribution < 1.29 is 9.90 Å². The zero-order valence-corrected chi connectivity index (χ0v) is 10.6. The topological polar surface area (TPSA) is 62.2 Å². The Hall–Kier alpha value is -0.750. The van der Waals surface area contributed by atoms with Crippen molar-refractivity contribution in [1.29, 1.82) is 0 Å². The summed E-state index contributed by atoms with van der Waals surface area (Å²) < 4.78 is 0. The Morgan fingerprint density at radius 1 is 1.69 bits per heavy atom. The van der Waals surface area contributed by atoms with Gasteiger partial charge >= 0.3 is 5.97 Å². The number of aromatic nitrogens is 1. The molecule has 0 aromatic carbocycles. The van der Waals surface area contributed by atoms with E-state index in [4.69, 9.17) is 5.11 Å². The van der Waals surface area contributed by atoms with Gasteiger partial charge in [-0.2, -0.15) is 11.8 Å². The molecule has 6 heteroatoms. The molecular formula is C10H14N2O2S2. The number of carbonyl (C=O) groups is 1. The molecule has 16 heavy (non-hydrogen) atoms. The molecule has 0 spiro atoms. The highest BCUT2D eigenvalue weighted by molar-refractivity contribution is 7.99. The molecule has 2 atom stereocenters. The van der Waals surface area contributed by atoms with E-state index in [0.717, 1.165) is 11.6 Å². The van der Waals surface area contributed by atoms with Crippen LogP contribution in [0.2, 0.25) is 0 Å². The lowest BCUT2D eigenvalue weighted by Crippen LogP contribution is -2.25. The van der Waals surface area contributed by atoms with Gasteiger partial charge in [0.05, 0.1) is 6.20 Å². The Balaban J connectivity index is 2.00. The van der Waals surface area contributed by atoms with Gasteiger partial charge in [0.1, 0.15) is 4.88 Å². The van der Waals surface area contributed by atoms with Crippen molar-refractivity contribution in [2.45, 2.75) is 30.6 Å². The molecule has 2 unspecified atom stereocenters. The normalized spacial score (nSPS) is 24.6. The van der Waals surface area contributed by atoms with Crippen LogP contribution in [0.1, 0.15) is 28.9 Å². The van der Waals surface area contributed by atoms with E-state index < -0.39 is 5.97 Å². The second kappa shape index (κ2) is 5.05. The monoisotopic (exact) mass is 258 g/mol. The van der Waals surface area contributed by atoms with E-state index in [2.05, 4.69) is 16.6 Å². The summed E-state index contributed by atoms with van der Waals surface area (Å²) in [4.78, 5) is 15.1. The Labute approximate surface area is 102 Å². The molecular weight excluding hydrogens is 244 g/mol. The number of aromatic carboxylic acids is 1. The minimum atomic E-state index is -0.904. The van der Waals surface area contributed by atoms with E-state index in [0.29, 0.717) is 16.2 Å². The van der Waals surface area contributed by atoms with Crippen molar-refractivity contribution in [3.05, 3.63) is 11.1 Å². The summed E-state index contributed by atoms with van der Waals surface area (Å²) in [6, 6.07) is 0.433. The quantitative estimate of drug-likeness (QED) is 0.869. The Bertz CT molecular complexity index is 381. The molecule has 2 rings (SSSR count). The maximum atomic E-state index is 10.7. The number of nitrogens with one attached hydrogen (secondary N) is 1. The number of nitrogens with zero attached hydrogens (tertiary/aromatic N) is 1. The maximum Gasteiger partial charge on any atom is 0.347 e. The van der Waals surface area contributed by atoms with Crippen molar-refractivity contribution in [3.8, 4) is 0 Å². The standard InChI is InChI=1S/C10H14N2O2S2/c1-15-7-4-2-3-6(7)12-10-11-5-8(16-10)9(13)14/h5-7H,2-4H2,1H3,(H,11,12)(H,13,14). The highest BCUT2D eigenvalue weighted by Crippen LogP contribution is 2.31. The smallest absolute Gasteiger partial charge is 0.347 e. The average molecular weight is 258 g/mol. The number of thioether (sulfide) groups is 1. The number of carboxylic acid groups (broad SMARTS) is 1. The first-order valence-electron chi connectivity index (χ1n) is 5.19. The first-order chi connectivity index (χ1) is 7.70. The third kappa shape index (κ3) is 2.49. The summed E-state index contributed by atoms with van der Waals surface area (Å²) >= 11 is 3.08. The van der Waals surface area contributed by atoms with E-state index in [1.807, 2.05) is 11.8 Å². The second-order valence-electron chi connectivity index (χ2n) is 3.79. The summed E-state index contributed by atoms with van der Waals surface area (Å²) in [7, 11) is 0. The molecule has 1 heterocycles. The fraction of sp³-hybridized carbons (Fsp3) is 0.600. The molecule has 1 aliphatic carbocycles. The molecule has 88 valence electrons. The number of hydrogen-bond acceptors (Lipinski definition) is 5. The largest absolute Gasteiger partial charge is 0.477 e. The minimum Gasteiger partial charge on any atom is -0.477 e. The van der Waals surface area contributed by atoms with Crippen LogP contribution >= 0.6 is 23.1 Å². The number of rotatable bonds is 4. The molecule has 0 radical (unpaired) electrons. The minimum absolute atomic E-state index is 0.293. The lowest BCUT2D eigenvalue weighted by atomic mass is 10.2. The molecule has 4 nitrogen and oxygen atoms in total. The van der Waals surface area contributed by atoms with Crippen LogP contribution in [-0.4, -0.2) is 33.6 Å². The Kier molecular flexibility index (Phi) is 3.70. The van der Waals surface area contributed by atoms with E-state index >= 15 is 0 Å². The lowest BCUT2D eigenvalue weighted by molar-refractivity contribution is 0.0702. The predicted octanol–water partition coefficient (Wildman–Crippen LogP) is 2.54. The van der Waals surface area contributed by atoms with E-state index in [9.17, 15) is 4.79 Å². The van der Waals surface area contributed by atoms with Gasteiger partial charge in [-0.15, -0.1) is 0 Å². The summed E-state index contributed by atoms with van der Waals surface area (Å²) in [6.07, 6.45) is 7.15. The molecule has 1 aromatic rings. The number of thiazole rings is 1. The first kappa shape index (κ1) is 11.7. The Morgan fingerprint density at radius 3 is 3.12 bits per heavy atom. The van der Waals surface area contributed by atoms with Crippen LogP contribution in [0, 0.1) is 0 Å². The van der Waals surface area contributed by atoms with Gasteiger partial charge in [-0.25, -0.2) is 9.78 Å².